The van der Waals surface area contributed by atoms with E-state index in [9.17, 15) is 0 Å². The van der Waals surface area contributed by atoms with Crippen molar-refractivity contribution in [3.05, 3.63) is 157 Å². The van der Waals surface area contributed by atoms with Crippen LogP contribution in [0.15, 0.2) is 150 Å². The SMILES string of the molecule is Cc1ccc2c(c1)c1cc(-c3ccc4c(c3)c3cc(C)ccc3n4-c3cccc4c3oc3ccccc34)ccc1n2-c1ccccc1. The molecule has 7 aromatic carbocycles. The third-order valence-electron chi connectivity index (χ3n) is 9.81. The van der Waals surface area contributed by atoms with E-state index in [1.807, 2.05) is 6.07 Å². The average Bonchev–Trinajstić information content (AvgIpc) is 3.75. The molecule has 3 aromatic heterocycles. The van der Waals surface area contributed by atoms with Gasteiger partial charge in [0.15, 0.2) is 5.58 Å². The molecule has 0 aliphatic rings. The molecule has 0 bridgehead atoms. The van der Waals surface area contributed by atoms with Crippen molar-refractivity contribution in [1.29, 1.82) is 0 Å². The Hall–Kier alpha value is -6.06. The number of furan rings is 1. The molecule has 0 fully saturated rings. The van der Waals surface area contributed by atoms with Crippen molar-refractivity contribution in [3.63, 3.8) is 0 Å². The van der Waals surface area contributed by atoms with Crippen molar-refractivity contribution < 1.29 is 4.42 Å². The number of rotatable bonds is 3. The predicted molar refractivity (Wildman–Crippen MR) is 197 cm³/mol. The standard InChI is InChI=1S/C44H30N2O/c1-27-15-19-38-34(23-27)36-25-29(17-21-39(36)45(38)31-9-4-3-5-10-31)30-18-22-41-37(26-30)35-24-28(2)16-20-40(35)46(41)42-13-8-12-33-32-11-6-7-14-43(32)47-44(33)42/h3-26H,1-2H3. The lowest BCUT2D eigenvalue weighted by Crippen LogP contribution is -1.94. The lowest BCUT2D eigenvalue weighted by molar-refractivity contribution is 0.666. The summed E-state index contributed by atoms with van der Waals surface area (Å²) in [4.78, 5) is 0. The number of hydrogen-bond acceptors (Lipinski definition) is 1. The molecule has 0 unspecified atom stereocenters. The number of nitrogens with zero attached hydrogens (tertiary/aromatic N) is 2. The summed E-state index contributed by atoms with van der Waals surface area (Å²) in [6.07, 6.45) is 0. The Morgan fingerprint density at radius 3 is 1.60 bits per heavy atom. The van der Waals surface area contributed by atoms with Crippen LogP contribution in [0, 0.1) is 13.8 Å². The van der Waals surface area contributed by atoms with E-state index in [2.05, 4.69) is 163 Å². The minimum atomic E-state index is 0.910. The van der Waals surface area contributed by atoms with E-state index in [4.69, 9.17) is 4.42 Å². The lowest BCUT2D eigenvalue weighted by Gasteiger charge is -2.10. The molecule has 0 aliphatic carbocycles. The topological polar surface area (TPSA) is 23.0 Å². The molecule has 47 heavy (non-hydrogen) atoms. The third kappa shape index (κ3) is 3.80. The second-order valence-corrected chi connectivity index (χ2v) is 12.8. The largest absolute Gasteiger partial charge is 0.454 e. The van der Waals surface area contributed by atoms with Crippen molar-refractivity contribution in [2.24, 2.45) is 0 Å². The molecule has 3 heteroatoms. The van der Waals surface area contributed by atoms with Gasteiger partial charge >= 0.3 is 0 Å². The van der Waals surface area contributed by atoms with Crippen LogP contribution in [0.5, 0.6) is 0 Å². The zero-order valence-electron chi connectivity index (χ0n) is 26.2. The van der Waals surface area contributed by atoms with E-state index in [1.165, 1.54) is 71.6 Å². The Bertz CT molecular complexity index is 2860. The Kier molecular flexibility index (Phi) is 5.41. The normalized spacial score (nSPS) is 12.0. The van der Waals surface area contributed by atoms with Crippen LogP contribution in [-0.4, -0.2) is 9.13 Å². The van der Waals surface area contributed by atoms with E-state index < -0.39 is 0 Å². The highest BCUT2D eigenvalue weighted by Gasteiger charge is 2.19. The summed E-state index contributed by atoms with van der Waals surface area (Å²) in [7, 11) is 0. The molecule has 0 saturated heterocycles. The van der Waals surface area contributed by atoms with Crippen LogP contribution in [0.1, 0.15) is 11.1 Å². The summed E-state index contributed by atoms with van der Waals surface area (Å²) in [5.74, 6) is 0. The van der Waals surface area contributed by atoms with Gasteiger partial charge in [-0.1, -0.05) is 83.9 Å². The Balaban J connectivity index is 1.22. The summed E-state index contributed by atoms with van der Waals surface area (Å²) >= 11 is 0. The van der Waals surface area contributed by atoms with Crippen LogP contribution in [0.4, 0.5) is 0 Å². The second-order valence-electron chi connectivity index (χ2n) is 12.8. The monoisotopic (exact) mass is 602 g/mol. The first-order chi connectivity index (χ1) is 23.1. The van der Waals surface area contributed by atoms with Gasteiger partial charge in [0.05, 0.1) is 27.8 Å². The number of benzene rings is 7. The molecule has 0 saturated carbocycles. The summed E-state index contributed by atoms with van der Waals surface area (Å²) in [6.45, 7) is 4.34. The summed E-state index contributed by atoms with van der Waals surface area (Å²) < 4.78 is 11.3. The van der Waals surface area contributed by atoms with E-state index in [1.54, 1.807) is 0 Å². The number of fused-ring (bicyclic) bond motifs is 9. The third-order valence-corrected chi connectivity index (χ3v) is 9.81. The molecule has 0 atom stereocenters. The van der Waals surface area contributed by atoms with E-state index in [-0.39, 0.29) is 0 Å². The molecule has 222 valence electrons. The molecular weight excluding hydrogens is 572 g/mol. The van der Waals surface area contributed by atoms with Gasteiger partial charge in [-0.05, 0) is 97.8 Å². The highest BCUT2D eigenvalue weighted by Crippen LogP contribution is 2.41. The molecule has 0 spiro atoms. The van der Waals surface area contributed by atoms with Crippen LogP contribution in [0.3, 0.4) is 0 Å². The molecule has 0 amide bonds. The van der Waals surface area contributed by atoms with Crippen molar-refractivity contribution in [1.82, 2.24) is 9.13 Å². The predicted octanol–water partition coefficient (Wildman–Crippen LogP) is 12.1. The fraction of sp³-hybridized carbons (Fsp3) is 0.0455. The van der Waals surface area contributed by atoms with Crippen molar-refractivity contribution in [2.45, 2.75) is 13.8 Å². The van der Waals surface area contributed by atoms with Gasteiger partial charge in [-0.3, -0.25) is 0 Å². The highest BCUT2D eigenvalue weighted by molar-refractivity contribution is 6.14. The maximum absolute atomic E-state index is 6.52. The van der Waals surface area contributed by atoms with Crippen molar-refractivity contribution in [2.75, 3.05) is 0 Å². The fourth-order valence-electron chi connectivity index (χ4n) is 7.66. The van der Waals surface area contributed by atoms with Crippen LogP contribution >= 0.6 is 0 Å². The first-order valence-corrected chi connectivity index (χ1v) is 16.2. The fourth-order valence-corrected chi connectivity index (χ4v) is 7.66. The minimum Gasteiger partial charge on any atom is -0.454 e. The zero-order valence-corrected chi connectivity index (χ0v) is 26.2. The molecule has 0 radical (unpaired) electrons. The number of aryl methyl sites for hydroxylation is 2. The quantitative estimate of drug-likeness (QED) is 0.197. The Morgan fingerprint density at radius 1 is 0.404 bits per heavy atom. The van der Waals surface area contributed by atoms with Gasteiger partial charge in [-0.25, -0.2) is 0 Å². The summed E-state index contributed by atoms with van der Waals surface area (Å²) in [5, 5.41) is 7.29. The van der Waals surface area contributed by atoms with Gasteiger partial charge in [-0.2, -0.15) is 0 Å². The highest BCUT2D eigenvalue weighted by atomic mass is 16.3. The second kappa shape index (κ2) is 9.72. The van der Waals surface area contributed by atoms with Gasteiger partial charge in [0.1, 0.15) is 5.58 Å². The zero-order chi connectivity index (χ0) is 31.2. The Morgan fingerprint density at radius 2 is 0.936 bits per heavy atom. The maximum atomic E-state index is 6.52. The smallest absolute Gasteiger partial charge is 0.159 e. The molecule has 10 rings (SSSR count). The summed E-state index contributed by atoms with van der Waals surface area (Å²) in [6, 6.07) is 52.8. The molecule has 0 aliphatic heterocycles. The minimum absolute atomic E-state index is 0.910. The van der Waals surface area contributed by atoms with Crippen molar-refractivity contribution >= 4 is 65.6 Å². The first-order valence-electron chi connectivity index (χ1n) is 16.2. The molecule has 10 aromatic rings. The first kappa shape index (κ1) is 26.2. The molecule has 3 nitrogen and oxygen atoms in total. The number of para-hydroxylation sites is 3. The van der Waals surface area contributed by atoms with Gasteiger partial charge < -0.3 is 13.6 Å². The van der Waals surface area contributed by atoms with Gasteiger partial charge in [-0.15, -0.1) is 0 Å². The van der Waals surface area contributed by atoms with Crippen LogP contribution < -0.4 is 0 Å². The van der Waals surface area contributed by atoms with Gasteiger partial charge in [0, 0.05) is 38.0 Å². The average molecular weight is 603 g/mol. The molecular formula is C44H30N2O. The molecule has 0 N–H and O–H groups in total. The summed E-state index contributed by atoms with van der Waals surface area (Å²) in [5.41, 5.74) is 13.8. The van der Waals surface area contributed by atoms with Crippen LogP contribution in [-0.2, 0) is 0 Å². The van der Waals surface area contributed by atoms with Gasteiger partial charge in [0.25, 0.3) is 0 Å². The van der Waals surface area contributed by atoms with Crippen molar-refractivity contribution in [3.8, 4) is 22.5 Å². The number of hydrogen-bond donors (Lipinski definition) is 0. The van der Waals surface area contributed by atoms with E-state index in [0.717, 1.165) is 27.6 Å². The van der Waals surface area contributed by atoms with E-state index in [0.29, 0.717) is 0 Å². The maximum Gasteiger partial charge on any atom is 0.159 e. The lowest BCUT2D eigenvalue weighted by atomic mass is 10.00. The Labute approximate surface area is 271 Å². The van der Waals surface area contributed by atoms with Crippen LogP contribution in [0.2, 0.25) is 0 Å². The van der Waals surface area contributed by atoms with Crippen LogP contribution in [0.25, 0.3) is 88.1 Å². The number of aromatic nitrogens is 2. The molecule has 3 heterocycles. The van der Waals surface area contributed by atoms with E-state index >= 15 is 0 Å². The van der Waals surface area contributed by atoms with Gasteiger partial charge in [0.2, 0.25) is 0 Å².